The first-order valence-corrected chi connectivity index (χ1v) is 10.2. The number of carbonyl (C=O) groups excluding carboxylic acids is 1. The van der Waals surface area contributed by atoms with E-state index in [1.54, 1.807) is 7.11 Å². The van der Waals surface area contributed by atoms with Gasteiger partial charge in [-0.3, -0.25) is 4.79 Å². The maximum Gasteiger partial charge on any atom is 0.251 e. The number of carbonyl (C=O) groups is 1. The van der Waals surface area contributed by atoms with Crippen molar-refractivity contribution in [1.29, 1.82) is 0 Å². The van der Waals surface area contributed by atoms with Gasteiger partial charge in [0, 0.05) is 29.5 Å². The Morgan fingerprint density at radius 2 is 1.81 bits per heavy atom. The number of ether oxygens (including phenoxy) is 3. The number of nitrogens with one attached hydrogen (secondary N) is 1. The molecule has 4 rings (SSSR count). The first kappa shape index (κ1) is 18.0. The van der Waals surface area contributed by atoms with Gasteiger partial charge in [0.25, 0.3) is 5.79 Å². The summed E-state index contributed by atoms with van der Waals surface area (Å²) in [5, 5.41) is 2.94. The number of thioether (sulfide) groups is 1. The van der Waals surface area contributed by atoms with Gasteiger partial charge in [0.2, 0.25) is 5.91 Å². The smallest absolute Gasteiger partial charge is 0.251 e. The Kier molecular flexibility index (Phi) is 5.16. The number of hydrogen-bond acceptors (Lipinski definition) is 5. The Morgan fingerprint density at radius 1 is 1.07 bits per heavy atom. The predicted molar refractivity (Wildman–Crippen MR) is 106 cm³/mol. The van der Waals surface area contributed by atoms with Crippen LogP contribution in [0.3, 0.4) is 0 Å². The van der Waals surface area contributed by atoms with Crippen molar-refractivity contribution in [1.82, 2.24) is 0 Å². The fourth-order valence-electron chi connectivity index (χ4n) is 3.48. The molecule has 0 radical (unpaired) electrons. The molecule has 1 fully saturated rings. The molecule has 0 unspecified atom stereocenters. The van der Waals surface area contributed by atoms with Gasteiger partial charge < -0.3 is 19.5 Å². The van der Waals surface area contributed by atoms with E-state index < -0.39 is 5.79 Å². The van der Waals surface area contributed by atoms with Crippen molar-refractivity contribution < 1.29 is 19.0 Å². The molecule has 1 heterocycles. The van der Waals surface area contributed by atoms with Crippen LogP contribution in [0.2, 0.25) is 0 Å². The zero-order valence-corrected chi connectivity index (χ0v) is 16.1. The fourth-order valence-corrected chi connectivity index (χ4v) is 4.18. The van der Waals surface area contributed by atoms with E-state index >= 15 is 0 Å². The molecule has 0 atom stereocenters. The summed E-state index contributed by atoms with van der Waals surface area (Å²) >= 11 is 1.49. The average molecular weight is 385 g/mol. The predicted octanol–water partition coefficient (Wildman–Crippen LogP) is 4.86. The summed E-state index contributed by atoms with van der Waals surface area (Å²) in [6, 6.07) is 13.3. The number of amides is 1. The van der Waals surface area contributed by atoms with Crippen molar-refractivity contribution in [3.63, 3.8) is 0 Å². The SMILES string of the molecule is COc1ccc(SCC(=O)Nc2ccc3c(c2)OC2(CCCCC2)O3)cc1. The van der Waals surface area contributed by atoms with Crippen LogP contribution >= 0.6 is 11.8 Å². The molecule has 0 bridgehead atoms. The van der Waals surface area contributed by atoms with E-state index in [1.165, 1.54) is 18.2 Å². The van der Waals surface area contributed by atoms with Gasteiger partial charge in [-0.15, -0.1) is 11.8 Å². The summed E-state index contributed by atoms with van der Waals surface area (Å²) in [5.74, 6) is 2.08. The maximum atomic E-state index is 12.3. The van der Waals surface area contributed by atoms with Crippen LogP contribution in [0.25, 0.3) is 0 Å². The van der Waals surface area contributed by atoms with Gasteiger partial charge in [-0.1, -0.05) is 6.42 Å². The number of benzene rings is 2. The lowest BCUT2D eigenvalue weighted by atomic mass is 9.94. The highest BCUT2D eigenvalue weighted by Gasteiger charge is 2.42. The topological polar surface area (TPSA) is 56.8 Å². The van der Waals surface area contributed by atoms with E-state index in [-0.39, 0.29) is 5.91 Å². The number of rotatable bonds is 5. The van der Waals surface area contributed by atoms with Gasteiger partial charge >= 0.3 is 0 Å². The average Bonchev–Trinajstić information content (AvgIpc) is 3.03. The first-order valence-electron chi connectivity index (χ1n) is 9.25. The minimum absolute atomic E-state index is 0.0536. The van der Waals surface area contributed by atoms with Gasteiger partial charge in [0.15, 0.2) is 11.5 Å². The number of fused-ring (bicyclic) bond motifs is 1. The Morgan fingerprint density at radius 3 is 2.56 bits per heavy atom. The lowest BCUT2D eigenvalue weighted by Crippen LogP contribution is -2.40. The molecule has 1 spiro atoms. The third-order valence-corrected chi connectivity index (χ3v) is 5.88. The highest BCUT2D eigenvalue weighted by Crippen LogP contribution is 2.46. The summed E-state index contributed by atoms with van der Waals surface area (Å²) in [4.78, 5) is 13.3. The molecule has 5 nitrogen and oxygen atoms in total. The molecule has 1 amide bonds. The minimum Gasteiger partial charge on any atom is -0.497 e. The van der Waals surface area contributed by atoms with Crippen LogP contribution in [-0.2, 0) is 4.79 Å². The molecular weight excluding hydrogens is 362 g/mol. The highest BCUT2D eigenvalue weighted by molar-refractivity contribution is 8.00. The van der Waals surface area contributed by atoms with E-state index in [4.69, 9.17) is 14.2 Å². The summed E-state index contributed by atoms with van der Waals surface area (Å²) < 4.78 is 17.3. The zero-order chi connectivity index (χ0) is 18.7. The fraction of sp³-hybridized carbons (Fsp3) is 0.381. The van der Waals surface area contributed by atoms with Crippen molar-refractivity contribution in [2.75, 3.05) is 18.2 Å². The van der Waals surface area contributed by atoms with Crippen molar-refractivity contribution in [2.24, 2.45) is 0 Å². The van der Waals surface area contributed by atoms with Crippen molar-refractivity contribution in [2.45, 2.75) is 42.8 Å². The zero-order valence-electron chi connectivity index (χ0n) is 15.3. The third kappa shape index (κ3) is 4.16. The Labute approximate surface area is 163 Å². The second kappa shape index (κ2) is 7.72. The second-order valence-electron chi connectivity index (χ2n) is 6.85. The quantitative estimate of drug-likeness (QED) is 0.745. The van der Waals surface area contributed by atoms with Crippen LogP contribution in [0.4, 0.5) is 5.69 Å². The summed E-state index contributed by atoms with van der Waals surface area (Å²) in [6.45, 7) is 0. The van der Waals surface area contributed by atoms with Crippen LogP contribution < -0.4 is 19.5 Å². The monoisotopic (exact) mass is 385 g/mol. The van der Waals surface area contributed by atoms with E-state index in [0.29, 0.717) is 5.75 Å². The highest BCUT2D eigenvalue weighted by atomic mass is 32.2. The van der Waals surface area contributed by atoms with Gasteiger partial charge in [-0.2, -0.15) is 0 Å². The first-order chi connectivity index (χ1) is 13.2. The molecule has 2 aliphatic rings. The third-order valence-electron chi connectivity index (χ3n) is 4.86. The van der Waals surface area contributed by atoms with Crippen molar-refractivity contribution in [3.05, 3.63) is 42.5 Å². The van der Waals surface area contributed by atoms with Crippen LogP contribution in [0, 0.1) is 0 Å². The van der Waals surface area contributed by atoms with Gasteiger partial charge in [0.05, 0.1) is 12.9 Å². The van der Waals surface area contributed by atoms with E-state index in [1.807, 2.05) is 42.5 Å². The molecule has 1 aliphatic carbocycles. The summed E-state index contributed by atoms with van der Waals surface area (Å²) in [5.41, 5.74) is 0.727. The lowest BCUT2D eigenvalue weighted by molar-refractivity contribution is -0.113. The molecule has 1 aliphatic heterocycles. The lowest BCUT2D eigenvalue weighted by Gasteiger charge is -2.31. The van der Waals surface area contributed by atoms with E-state index in [2.05, 4.69) is 5.32 Å². The van der Waals surface area contributed by atoms with E-state index in [9.17, 15) is 4.79 Å². The minimum atomic E-state index is -0.493. The molecular formula is C21H23NO4S. The largest absolute Gasteiger partial charge is 0.497 e. The molecule has 0 aromatic heterocycles. The molecule has 6 heteroatoms. The molecule has 142 valence electrons. The maximum absolute atomic E-state index is 12.3. The normalized spacial score (nSPS) is 16.9. The molecule has 1 saturated carbocycles. The van der Waals surface area contributed by atoms with Crippen molar-refractivity contribution >= 4 is 23.4 Å². The second-order valence-corrected chi connectivity index (χ2v) is 7.90. The molecule has 2 aromatic rings. The number of anilines is 1. The van der Waals surface area contributed by atoms with E-state index in [0.717, 1.165) is 53.5 Å². The molecule has 1 N–H and O–H groups in total. The van der Waals surface area contributed by atoms with Crippen LogP contribution in [-0.4, -0.2) is 24.6 Å². The molecule has 27 heavy (non-hydrogen) atoms. The van der Waals surface area contributed by atoms with Crippen molar-refractivity contribution in [3.8, 4) is 17.2 Å². The standard InChI is InChI=1S/C21H23NO4S/c1-24-16-6-8-17(9-7-16)27-14-20(23)22-15-5-10-18-19(13-15)26-21(25-18)11-3-2-4-12-21/h5-10,13H,2-4,11-12,14H2,1H3,(H,22,23). The van der Waals surface area contributed by atoms with Crippen LogP contribution in [0.5, 0.6) is 17.2 Å². The van der Waals surface area contributed by atoms with Gasteiger partial charge in [-0.25, -0.2) is 0 Å². The summed E-state index contributed by atoms with van der Waals surface area (Å²) in [6.07, 6.45) is 5.32. The summed E-state index contributed by atoms with van der Waals surface area (Å²) in [7, 11) is 1.64. The van der Waals surface area contributed by atoms with Crippen LogP contribution in [0.1, 0.15) is 32.1 Å². The van der Waals surface area contributed by atoms with Gasteiger partial charge in [0.1, 0.15) is 5.75 Å². The number of hydrogen-bond donors (Lipinski definition) is 1. The van der Waals surface area contributed by atoms with Gasteiger partial charge in [-0.05, 0) is 49.2 Å². The Bertz CT molecular complexity index is 815. The molecule has 2 aromatic carbocycles. The number of methoxy groups -OCH3 is 1. The van der Waals surface area contributed by atoms with Crippen LogP contribution in [0.15, 0.2) is 47.4 Å². The Hall–Kier alpha value is -2.34. The molecule has 0 saturated heterocycles. The Balaban J connectivity index is 1.33.